The Bertz CT molecular complexity index is 894. The molecule has 26 heavy (non-hydrogen) atoms. The van der Waals surface area contributed by atoms with Crippen molar-refractivity contribution in [1.29, 1.82) is 0 Å². The van der Waals surface area contributed by atoms with Gasteiger partial charge in [0.25, 0.3) is 0 Å². The minimum Gasteiger partial charge on any atom is -0.357 e. The van der Waals surface area contributed by atoms with Crippen LogP contribution in [0, 0.1) is 0 Å². The molecule has 2 aliphatic rings. The van der Waals surface area contributed by atoms with Crippen LogP contribution in [0.4, 0.5) is 11.6 Å². The van der Waals surface area contributed by atoms with E-state index in [0.717, 1.165) is 56.5 Å². The zero-order valence-corrected chi connectivity index (χ0v) is 14.6. The molecule has 3 aromatic heterocycles. The molecule has 0 unspecified atom stereocenters. The van der Waals surface area contributed by atoms with Crippen LogP contribution in [0.25, 0.3) is 5.65 Å². The normalized spacial score (nSPS) is 18.8. The second-order valence-corrected chi connectivity index (χ2v) is 6.93. The van der Waals surface area contributed by atoms with Crippen LogP contribution >= 0.6 is 0 Å². The Hall–Kier alpha value is -2.84. The predicted octanol–water partition coefficient (Wildman–Crippen LogP) is 1.29. The Labute approximate surface area is 151 Å². The largest absolute Gasteiger partial charge is 0.357 e. The highest BCUT2D eigenvalue weighted by Crippen LogP contribution is 2.30. The van der Waals surface area contributed by atoms with E-state index >= 15 is 0 Å². The molecular formula is C17H21N9. The lowest BCUT2D eigenvalue weighted by Crippen LogP contribution is -2.34. The first-order chi connectivity index (χ1) is 12.9. The monoisotopic (exact) mass is 351 g/mol. The van der Waals surface area contributed by atoms with E-state index in [-0.39, 0.29) is 0 Å². The quantitative estimate of drug-likeness (QED) is 0.697. The molecule has 5 rings (SSSR count). The zero-order chi connectivity index (χ0) is 17.3. The predicted molar refractivity (Wildman–Crippen MR) is 96.2 cm³/mol. The average Bonchev–Trinajstić information content (AvgIpc) is 3.40. The molecule has 0 amide bonds. The molecule has 0 N–H and O–H groups in total. The SMILES string of the molecule is c1cc(N2CCCC2)nc(C2CCN(c3nccn4nnnc34)CC2)n1. The first-order valence-electron chi connectivity index (χ1n) is 9.24. The minimum atomic E-state index is 0.393. The maximum absolute atomic E-state index is 4.86. The Morgan fingerprint density at radius 2 is 1.77 bits per heavy atom. The summed E-state index contributed by atoms with van der Waals surface area (Å²) in [7, 11) is 0. The van der Waals surface area contributed by atoms with Gasteiger partial charge in [-0.05, 0) is 42.2 Å². The van der Waals surface area contributed by atoms with E-state index in [9.17, 15) is 0 Å². The molecule has 0 radical (unpaired) electrons. The molecule has 5 heterocycles. The molecule has 0 bridgehead atoms. The summed E-state index contributed by atoms with van der Waals surface area (Å²) in [6.07, 6.45) is 9.95. The summed E-state index contributed by atoms with van der Waals surface area (Å²) >= 11 is 0. The molecular weight excluding hydrogens is 330 g/mol. The van der Waals surface area contributed by atoms with Crippen LogP contribution in [-0.4, -0.2) is 61.2 Å². The molecule has 0 aromatic carbocycles. The number of hydrogen-bond donors (Lipinski definition) is 0. The summed E-state index contributed by atoms with van der Waals surface area (Å²) in [5, 5.41) is 11.8. The van der Waals surface area contributed by atoms with Gasteiger partial charge in [-0.15, -0.1) is 5.10 Å². The van der Waals surface area contributed by atoms with Crippen molar-refractivity contribution >= 4 is 17.3 Å². The van der Waals surface area contributed by atoms with Gasteiger partial charge in [-0.1, -0.05) is 0 Å². The first-order valence-corrected chi connectivity index (χ1v) is 9.24. The van der Waals surface area contributed by atoms with Gasteiger partial charge >= 0.3 is 0 Å². The lowest BCUT2D eigenvalue weighted by Gasteiger charge is -2.32. The standard InChI is InChI=1S/C17H21N9/c1-2-9-24(8-1)14-3-6-18-15(20-14)13-4-10-25(11-5-13)16-17-21-22-23-26(17)12-7-19-16/h3,6-7,12-13H,1-2,4-5,8-11H2. The number of anilines is 2. The molecule has 2 fully saturated rings. The third kappa shape index (κ3) is 2.73. The third-order valence-corrected chi connectivity index (χ3v) is 5.35. The van der Waals surface area contributed by atoms with E-state index in [1.165, 1.54) is 12.8 Å². The number of hydrogen-bond acceptors (Lipinski definition) is 8. The van der Waals surface area contributed by atoms with E-state index in [4.69, 9.17) is 4.98 Å². The number of tetrazole rings is 1. The molecule has 9 heteroatoms. The Kier molecular flexibility index (Phi) is 3.84. The molecule has 134 valence electrons. The molecule has 0 spiro atoms. The molecule has 2 saturated heterocycles. The van der Waals surface area contributed by atoms with Gasteiger partial charge in [-0.2, -0.15) is 4.52 Å². The first kappa shape index (κ1) is 15.4. The highest BCUT2D eigenvalue weighted by atomic mass is 15.5. The fraction of sp³-hybridized carbons (Fsp3) is 0.529. The van der Waals surface area contributed by atoms with Gasteiger partial charge < -0.3 is 9.80 Å². The maximum atomic E-state index is 4.86. The van der Waals surface area contributed by atoms with Crippen LogP contribution in [0.15, 0.2) is 24.7 Å². The second kappa shape index (κ2) is 6.47. The van der Waals surface area contributed by atoms with E-state index in [1.807, 2.05) is 12.3 Å². The molecule has 3 aromatic rings. The Morgan fingerprint density at radius 1 is 0.923 bits per heavy atom. The van der Waals surface area contributed by atoms with Crippen LogP contribution in [0.3, 0.4) is 0 Å². The van der Waals surface area contributed by atoms with Crippen LogP contribution in [0.2, 0.25) is 0 Å². The van der Waals surface area contributed by atoms with Crippen molar-refractivity contribution < 1.29 is 0 Å². The van der Waals surface area contributed by atoms with Gasteiger partial charge in [0.15, 0.2) is 5.82 Å². The van der Waals surface area contributed by atoms with Crippen LogP contribution in [0.1, 0.15) is 37.4 Å². The number of piperidine rings is 1. The summed E-state index contributed by atoms with van der Waals surface area (Å²) < 4.78 is 1.66. The van der Waals surface area contributed by atoms with E-state index < -0.39 is 0 Å². The van der Waals surface area contributed by atoms with Crippen molar-refractivity contribution in [2.24, 2.45) is 0 Å². The van der Waals surface area contributed by atoms with Gasteiger partial charge in [0.2, 0.25) is 5.65 Å². The lowest BCUT2D eigenvalue weighted by molar-refractivity contribution is 0.483. The van der Waals surface area contributed by atoms with Crippen LogP contribution in [-0.2, 0) is 0 Å². The fourth-order valence-electron chi connectivity index (χ4n) is 3.92. The van der Waals surface area contributed by atoms with Crippen molar-refractivity contribution in [2.45, 2.75) is 31.6 Å². The van der Waals surface area contributed by atoms with Gasteiger partial charge in [0, 0.05) is 44.5 Å². The zero-order valence-electron chi connectivity index (χ0n) is 14.6. The van der Waals surface area contributed by atoms with Gasteiger partial charge in [-0.3, -0.25) is 0 Å². The van der Waals surface area contributed by atoms with Crippen LogP contribution in [0.5, 0.6) is 0 Å². The molecule has 0 atom stereocenters. The van der Waals surface area contributed by atoms with Crippen molar-refractivity contribution in [3.63, 3.8) is 0 Å². The maximum Gasteiger partial charge on any atom is 0.221 e. The molecule has 0 saturated carbocycles. The van der Waals surface area contributed by atoms with Gasteiger partial charge in [0.1, 0.15) is 11.6 Å². The number of fused-ring (bicyclic) bond motifs is 1. The summed E-state index contributed by atoms with van der Waals surface area (Å²) in [5.74, 6) is 3.30. The molecule has 0 aliphatic carbocycles. The molecule has 2 aliphatic heterocycles. The minimum absolute atomic E-state index is 0.393. The van der Waals surface area contributed by atoms with Crippen molar-refractivity contribution in [1.82, 2.24) is 35.0 Å². The summed E-state index contributed by atoms with van der Waals surface area (Å²) in [4.78, 5) is 18.5. The topological polar surface area (TPSA) is 88.2 Å². The average molecular weight is 351 g/mol. The summed E-state index contributed by atoms with van der Waals surface area (Å²) in [5.41, 5.74) is 0.707. The van der Waals surface area contributed by atoms with Crippen LogP contribution < -0.4 is 9.80 Å². The van der Waals surface area contributed by atoms with E-state index in [2.05, 4.69) is 35.3 Å². The highest BCUT2D eigenvalue weighted by Gasteiger charge is 2.26. The van der Waals surface area contributed by atoms with E-state index in [0.29, 0.717) is 11.6 Å². The Balaban J connectivity index is 1.31. The van der Waals surface area contributed by atoms with Gasteiger partial charge in [-0.25, -0.2) is 15.0 Å². The third-order valence-electron chi connectivity index (χ3n) is 5.35. The number of aromatic nitrogens is 7. The molecule has 9 nitrogen and oxygen atoms in total. The number of rotatable bonds is 3. The van der Waals surface area contributed by atoms with Crippen molar-refractivity contribution in [2.75, 3.05) is 36.0 Å². The second-order valence-electron chi connectivity index (χ2n) is 6.93. The van der Waals surface area contributed by atoms with Crippen molar-refractivity contribution in [3.8, 4) is 0 Å². The van der Waals surface area contributed by atoms with E-state index in [1.54, 1.807) is 16.9 Å². The van der Waals surface area contributed by atoms with Gasteiger partial charge in [0.05, 0.1) is 6.20 Å². The summed E-state index contributed by atoms with van der Waals surface area (Å²) in [6.45, 7) is 4.02. The highest BCUT2D eigenvalue weighted by molar-refractivity contribution is 5.62. The Morgan fingerprint density at radius 3 is 2.62 bits per heavy atom. The smallest absolute Gasteiger partial charge is 0.221 e. The van der Waals surface area contributed by atoms with Crippen molar-refractivity contribution in [3.05, 3.63) is 30.5 Å². The number of nitrogens with zero attached hydrogens (tertiary/aromatic N) is 9. The lowest BCUT2D eigenvalue weighted by atomic mass is 9.96. The summed E-state index contributed by atoms with van der Waals surface area (Å²) in [6, 6.07) is 2.03. The fourth-order valence-corrected chi connectivity index (χ4v) is 3.92.